The second-order valence-electron chi connectivity index (χ2n) is 7.37. The predicted molar refractivity (Wildman–Crippen MR) is 102 cm³/mol. The van der Waals surface area contributed by atoms with E-state index < -0.39 is 5.97 Å². The molecule has 1 aromatic heterocycles. The van der Waals surface area contributed by atoms with Gasteiger partial charge in [0.25, 0.3) is 5.91 Å². The minimum absolute atomic E-state index is 0.104. The van der Waals surface area contributed by atoms with Crippen LogP contribution in [0.4, 0.5) is 0 Å². The van der Waals surface area contributed by atoms with Gasteiger partial charge in [-0.1, -0.05) is 0 Å². The number of nitrogens with one attached hydrogen (secondary N) is 1. The Labute approximate surface area is 165 Å². The van der Waals surface area contributed by atoms with E-state index in [4.69, 9.17) is 9.47 Å². The number of H-pyrrole nitrogens is 1. The highest BCUT2D eigenvalue weighted by molar-refractivity contribution is 6.00. The van der Waals surface area contributed by atoms with Crippen molar-refractivity contribution in [2.24, 2.45) is 5.92 Å². The molecule has 0 bridgehead atoms. The molecule has 0 aromatic carbocycles. The maximum absolute atomic E-state index is 13.1. The number of hydrogen-bond donors (Lipinski definition) is 1. The first-order chi connectivity index (χ1) is 13.4. The average Bonchev–Trinajstić information content (AvgIpc) is 3.02. The smallest absolute Gasteiger partial charge is 0.340 e. The summed E-state index contributed by atoms with van der Waals surface area (Å²) in [6.07, 6.45) is 1.58. The van der Waals surface area contributed by atoms with Gasteiger partial charge in [0, 0.05) is 31.9 Å². The number of rotatable bonds is 4. The Morgan fingerprint density at radius 1 is 1.14 bits per heavy atom. The zero-order valence-corrected chi connectivity index (χ0v) is 16.9. The van der Waals surface area contributed by atoms with Crippen LogP contribution in [0.15, 0.2) is 0 Å². The summed E-state index contributed by atoms with van der Waals surface area (Å²) in [6, 6.07) is 0. The number of aryl methyl sites for hydroxylation is 1. The molecule has 3 heterocycles. The van der Waals surface area contributed by atoms with Crippen LogP contribution >= 0.6 is 0 Å². The molecule has 28 heavy (non-hydrogen) atoms. The summed E-state index contributed by atoms with van der Waals surface area (Å²) in [5.74, 6) is -0.675. The molecule has 1 aromatic rings. The number of piperidine rings is 1. The van der Waals surface area contributed by atoms with E-state index in [-0.39, 0.29) is 24.3 Å². The average molecular weight is 391 g/mol. The quantitative estimate of drug-likeness (QED) is 0.786. The Kier molecular flexibility index (Phi) is 6.39. The first-order valence-electron chi connectivity index (χ1n) is 9.96. The van der Waals surface area contributed by atoms with Gasteiger partial charge in [0.05, 0.1) is 31.3 Å². The van der Waals surface area contributed by atoms with Gasteiger partial charge in [-0.15, -0.1) is 0 Å². The van der Waals surface area contributed by atoms with Crippen LogP contribution in [0.1, 0.15) is 51.9 Å². The molecule has 0 spiro atoms. The van der Waals surface area contributed by atoms with Crippen LogP contribution in [0.2, 0.25) is 0 Å². The van der Waals surface area contributed by atoms with E-state index in [9.17, 15) is 14.4 Å². The number of aromatic nitrogens is 1. The van der Waals surface area contributed by atoms with Crippen molar-refractivity contribution in [1.82, 2.24) is 14.8 Å². The third-order valence-electron chi connectivity index (χ3n) is 5.51. The van der Waals surface area contributed by atoms with Gasteiger partial charge in [0.1, 0.15) is 5.69 Å². The van der Waals surface area contributed by atoms with Gasteiger partial charge in [-0.25, -0.2) is 4.79 Å². The summed E-state index contributed by atoms with van der Waals surface area (Å²) in [7, 11) is 0. The Hall–Kier alpha value is -2.35. The predicted octanol–water partition coefficient (Wildman–Crippen LogP) is 1.52. The highest BCUT2D eigenvalue weighted by Gasteiger charge is 2.34. The zero-order chi connectivity index (χ0) is 20.3. The van der Waals surface area contributed by atoms with Crippen molar-refractivity contribution in [2.45, 2.75) is 33.6 Å². The minimum Gasteiger partial charge on any atom is -0.462 e. The second-order valence-corrected chi connectivity index (χ2v) is 7.37. The van der Waals surface area contributed by atoms with Gasteiger partial charge in [-0.2, -0.15) is 0 Å². The fourth-order valence-electron chi connectivity index (χ4n) is 4.04. The lowest BCUT2D eigenvalue weighted by Gasteiger charge is -2.36. The van der Waals surface area contributed by atoms with Crippen LogP contribution in [0.25, 0.3) is 0 Å². The summed E-state index contributed by atoms with van der Waals surface area (Å²) in [5, 5.41) is 0. The molecule has 1 N–H and O–H groups in total. The molecule has 1 unspecified atom stereocenters. The molecule has 3 rings (SSSR count). The molecule has 2 aliphatic rings. The Bertz CT molecular complexity index is 751. The van der Waals surface area contributed by atoms with Crippen LogP contribution in [0.5, 0.6) is 0 Å². The van der Waals surface area contributed by atoms with E-state index in [0.717, 1.165) is 12.8 Å². The molecule has 8 nitrogen and oxygen atoms in total. The molecule has 8 heteroatoms. The van der Waals surface area contributed by atoms with Gasteiger partial charge in [-0.05, 0) is 39.2 Å². The number of hydrogen-bond acceptors (Lipinski definition) is 5. The summed E-state index contributed by atoms with van der Waals surface area (Å²) in [5.41, 5.74) is 2.04. The Balaban J connectivity index is 1.73. The molecule has 2 saturated heterocycles. The van der Waals surface area contributed by atoms with Crippen molar-refractivity contribution in [1.29, 1.82) is 0 Å². The molecule has 0 saturated carbocycles. The van der Waals surface area contributed by atoms with Crippen molar-refractivity contribution < 1.29 is 23.9 Å². The summed E-state index contributed by atoms with van der Waals surface area (Å²) >= 11 is 0. The first-order valence-corrected chi connectivity index (χ1v) is 9.96. The molecule has 1 atom stereocenters. The standard InChI is InChI=1S/C20H29N3O5/c1-4-28-20(26)16-13(2)17(21-14(16)3)19(25)23-7-5-6-15(12-23)18(24)22-8-10-27-11-9-22/h15,21H,4-12H2,1-3H3. The molecule has 154 valence electrons. The number of ether oxygens (including phenoxy) is 2. The molecule has 0 radical (unpaired) electrons. The number of aromatic amines is 1. The highest BCUT2D eigenvalue weighted by Crippen LogP contribution is 2.24. The molecule has 2 aliphatic heterocycles. The minimum atomic E-state index is -0.424. The third-order valence-corrected chi connectivity index (χ3v) is 5.51. The van der Waals surface area contributed by atoms with Crippen LogP contribution in [-0.2, 0) is 14.3 Å². The van der Waals surface area contributed by atoms with Crippen molar-refractivity contribution in [3.8, 4) is 0 Å². The van der Waals surface area contributed by atoms with Gasteiger partial charge in [0.15, 0.2) is 0 Å². The van der Waals surface area contributed by atoms with E-state index in [0.29, 0.717) is 61.9 Å². The Morgan fingerprint density at radius 2 is 1.86 bits per heavy atom. The van der Waals surface area contributed by atoms with Crippen molar-refractivity contribution in [3.05, 3.63) is 22.5 Å². The molecule has 0 aliphatic carbocycles. The number of amides is 2. The molecular weight excluding hydrogens is 362 g/mol. The SMILES string of the molecule is CCOC(=O)c1c(C)[nH]c(C(=O)N2CCCC(C(=O)N3CCOCC3)C2)c1C. The van der Waals surface area contributed by atoms with Crippen molar-refractivity contribution in [3.63, 3.8) is 0 Å². The van der Waals surface area contributed by atoms with Gasteiger partial charge in [0.2, 0.25) is 5.91 Å². The highest BCUT2D eigenvalue weighted by atomic mass is 16.5. The van der Waals surface area contributed by atoms with E-state index in [1.807, 2.05) is 4.90 Å². The molecule has 2 fully saturated rings. The molecular formula is C20H29N3O5. The van der Waals surface area contributed by atoms with E-state index in [2.05, 4.69) is 4.98 Å². The van der Waals surface area contributed by atoms with Gasteiger partial charge >= 0.3 is 5.97 Å². The maximum atomic E-state index is 13.1. The number of esters is 1. The van der Waals surface area contributed by atoms with Crippen molar-refractivity contribution >= 4 is 17.8 Å². The van der Waals surface area contributed by atoms with Crippen LogP contribution in [0, 0.1) is 19.8 Å². The lowest BCUT2D eigenvalue weighted by Crippen LogP contribution is -2.49. The Morgan fingerprint density at radius 3 is 2.54 bits per heavy atom. The number of likely N-dealkylation sites (tertiary alicyclic amines) is 1. The lowest BCUT2D eigenvalue weighted by atomic mass is 9.95. The van der Waals surface area contributed by atoms with E-state index >= 15 is 0 Å². The topological polar surface area (TPSA) is 91.9 Å². The largest absolute Gasteiger partial charge is 0.462 e. The zero-order valence-electron chi connectivity index (χ0n) is 16.9. The summed E-state index contributed by atoms with van der Waals surface area (Å²) in [4.78, 5) is 44.7. The third kappa shape index (κ3) is 4.06. The lowest BCUT2D eigenvalue weighted by molar-refractivity contribution is -0.141. The number of carbonyl (C=O) groups is 3. The van der Waals surface area contributed by atoms with Crippen molar-refractivity contribution in [2.75, 3.05) is 46.0 Å². The summed E-state index contributed by atoms with van der Waals surface area (Å²) in [6.45, 7) is 8.92. The second kappa shape index (κ2) is 8.77. The van der Waals surface area contributed by atoms with Gasteiger partial charge < -0.3 is 24.3 Å². The van der Waals surface area contributed by atoms with Crippen LogP contribution in [-0.4, -0.2) is 78.6 Å². The van der Waals surface area contributed by atoms with E-state index in [1.54, 1.807) is 25.7 Å². The fraction of sp³-hybridized carbons (Fsp3) is 0.650. The molecule has 2 amide bonds. The number of morpholine rings is 1. The monoisotopic (exact) mass is 391 g/mol. The number of nitrogens with zero attached hydrogens (tertiary/aromatic N) is 2. The fourth-order valence-corrected chi connectivity index (χ4v) is 4.04. The number of carbonyl (C=O) groups excluding carboxylic acids is 3. The normalized spacial score (nSPS) is 20.2. The summed E-state index contributed by atoms with van der Waals surface area (Å²) < 4.78 is 10.4. The van der Waals surface area contributed by atoms with E-state index in [1.165, 1.54) is 0 Å². The van der Waals surface area contributed by atoms with Gasteiger partial charge in [-0.3, -0.25) is 9.59 Å². The maximum Gasteiger partial charge on any atom is 0.340 e. The van der Waals surface area contributed by atoms with Crippen LogP contribution < -0.4 is 0 Å². The van der Waals surface area contributed by atoms with Crippen LogP contribution in [0.3, 0.4) is 0 Å². The first kappa shape index (κ1) is 20.4.